The van der Waals surface area contributed by atoms with Gasteiger partial charge in [0.1, 0.15) is 6.54 Å². The van der Waals surface area contributed by atoms with Gasteiger partial charge < -0.3 is 11.1 Å². The van der Waals surface area contributed by atoms with E-state index in [1.165, 1.54) is 18.2 Å². The van der Waals surface area contributed by atoms with E-state index < -0.39 is 34.6 Å². The third-order valence-corrected chi connectivity index (χ3v) is 5.85. The van der Waals surface area contributed by atoms with Gasteiger partial charge in [-0.25, -0.2) is 23.5 Å². The number of nitrogens with zero attached hydrogens (tertiary/aromatic N) is 2. The van der Waals surface area contributed by atoms with E-state index >= 15 is 0 Å². The zero-order valence-electron chi connectivity index (χ0n) is 16.7. The Morgan fingerprint density at radius 3 is 2.30 bits per heavy atom. The van der Waals surface area contributed by atoms with Crippen LogP contribution >= 0.6 is 11.6 Å². The number of sulfonamides is 1. The lowest BCUT2D eigenvalue weighted by Gasteiger charge is -2.18. The lowest BCUT2D eigenvalue weighted by molar-refractivity contribution is -0.118. The van der Waals surface area contributed by atoms with Crippen molar-refractivity contribution in [2.24, 2.45) is 10.9 Å². The summed E-state index contributed by atoms with van der Waals surface area (Å²) < 4.78 is 61.6. The Bertz CT molecular complexity index is 1280. The minimum Gasteiger partial charge on any atom is -0.369 e. The van der Waals surface area contributed by atoms with E-state index in [0.717, 1.165) is 12.4 Å². The van der Waals surface area contributed by atoms with Gasteiger partial charge in [-0.2, -0.15) is 13.2 Å². The zero-order chi connectivity index (χ0) is 24.4. The summed E-state index contributed by atoms with van der Waals surface area (Å²) in [6.45, 7) is -1.33. The summed E-state index contributed by atoms with van der Waals surface area (Å²) in [7, 11) is -4.30. The van der Waals surface area contributed by atoms with E-state index in [1.807, 2.05) is 5.32 Å². The van der Waals surface area contributed by atoms with Crippen molar-refractivity contribution in [3.63, 3.8) is 0 Å². The van der Waals surface area contributed by atoms with Crippen LogP contribution in [0.15, 0.2) is 59.8 Å². The molecule has 0 aliphatic rings. The number of amides is 1. The maximum atomic E-state index is 12.3. The number of hydrogen-bond acceptors (Lipinski definition) is 6. The lowest BCUT2D eigenvalue weighted by atomic mass is 9.89. The summed E-state index contributed by atoms with van der Waals surface area (Å²) in [6.07, 6.45) is -2.17. The van der Waals surface area contributed by atoms with Crippen LogP contribution in [0, 0.1) is 0 Å². The normalized spacial score (nSPS) is 12.9. The third-order valence-electron chi connectivity index (χ3n) is 4.56. The Kier molecular flexibility index (Phi) is 6.91. The molecule has 3 rings (SSSR count). The lowest BCUT2D eigenvalue weighted by Crippen LogP contribution is -2.23. The summed E-state index contributed by atoms with van der Waals surface area (Å²) in [5.41, 5.74) is 6.44. The molecule has 0 aliphatic heterocycles. The van der Waals surface area contributed by atoms with Crippen LogP contribution < -0.4 is 16.2 Å². The van der Waals surface area contributed by atoms with Gasteiger partial charge in [-0.3, -0.25) is 4.79 Å². The number of aromatic nitrogens is 2. The molecule has 2 aromatic carbocycles. The van der Waals surface area contributed by atoms with Crippen LogP contribution in [0.3, 0.4) is 0 Å². The monoisotopic (exact) mass is 499 g/mol. The molecule has 174 valence electrons. The summed E-state index contributed by atoms with van der Waals surface area (Å²) in [6, 6.07) is 10.5. The second-order valence-electron chi connectivity index (χ2n) is 6.92. The van der Waals surface area contributed by atoms with Gasteiger partial charge in [-0.1, -0.05) is 41.9 Å². The number of benzene rings is 2. The smallest absolute Gasteiger partial charge is 0.369 e. The largest absolute Gasteiger partial charge is 0.405 e. The molecule has 1 unspecified atom stereocenters. The number of halogens is 4. The molecular formula is C20H17ClF3N5O3S. The summed E-state index contributed by atoms with van der Waals surface area (Å²) >= 11 is 6.19. The number of nitrogens with one attached hydrogen (secondary N) is 1. The minimum absolute atomic E-state index is 0.0889. The SMILES string of the molecule is NC(=O)C(c1ccc(-c2cnc(NCC(F)(F)F)nc2)c(S(N)(=O)=O)c1)c1ccccc1Cl. The number of alkyl halides is 3. The first-order chi connectivity index (χ1) is 15.4. The molecule has 0 bridgehead atoms. The van der Waals surface area contributed by atoms with Gasteiger partial charge in [0.05, 0.1) is 10.8 Å². The van der Waals surface area contributed by atoms with Crippen molar-refractivity contribution in [1.82, 2.24) is 9.97 Å². The number of rotatable bonds is 7. The fraction of sp³-hybridized carbons (Fsp3) is 0.150. The van der Waals surface area contributed by atoms with Gasteiger partial charge in [0, 0.05) is 28.5 Å². The molecule has 8 nitrogen and oxygen atoms in total. The molecule has 0 radical (unpaired) electrons. The molecule has 5 N–H and O–H groups in total. The predicted octanol–water partition coefficient (Wildman–Crippen LogP) is 3.04. The molecule has 1 atom stereocenters. The molecule has 1 aromatic heterocycles. The highest BCUT2D eigenvalue weighted by Gasteiger charge is 2.28. The van der Waals surface area contributed by atoms with Gasteiger partial charge in [0.25, 0.3) is 0 Å². The highest BCUT2D eigenvalue weighted by Crippen LogP contribution is 2.34. The average Bonchev–Trinajstić information content (AvgIpc) is 2.73. The highest BCUT2D eigenvalue weighted by molar-refractivity contribution is 7.89. The van der Waals surface area contributed by atoms with Crippen molar-refractivity contribution in [2.45, 2.75) is 17.0 Å². The first-order valence-corrected chi connectivity index (χ1v) is 11.1. The van der Waals surface area contributed by atoms with E-state index in [9.17, 15) is 26.4 Å². The van der Waals surface area contributed by atoms with Gasteiger partial charge in [-0.15, -0.1) is 0 Å². The van der Waals surface area contributed by atoms with E-state index in [4.69, 9.17) is 22.5 Å². The molecule has 0 fully saturated rings. The second kappa shape index (κ2) is 9.33. The van der Waals surface area contributed by atoms with Crippen LogP contribution in [-0.2, 0) is 14.8 Å². The molecule has 0 aliphatic carbocycles. The predicted molar refractivity (Wildman–Crippen MR) is 116 cm³/mol. The van der Waals surface area contributed by atoms with Gasteiger partial charge in [0.15, 0.2) is 0 Å². The maximum absolute atomic E-state index is 12.3. The molecule has 3 aromatic rings. The standard InChI is InChI=1S/C20H17ClF3N5O3S/c21-15-4-2-1-3-14(15)17(18(25)30)11-5-6-13(16(7-11)33(26,31)32)12-8-27-19(28-9-12)29-10-20(22,23)24/h1-9,17H,10H2,(H2,25,30)(H2,26,31,32)(H,27,28,29). The number of primary amides is 1. The topological polar surface area (TPSA) is 141 Å². The minimum atomic E-state index is -4.46. The molecule has 33 heavy (non-hydrogen) atoms. The highest BCUT2D eigenvalue weighted by atomic mass is 35.5. The average molecular weight is 500 g/mol. The van der Waals surface area contributed by atoms with Crippen molar-refractivity contribution in [1.29, 1.82) is 0 Å². The number of carbonyl (C=O) groups is 1. The summed E-state index contributed by atoms with van der Waals surface area (Å²) in [5.74, 6) is -2.12. The van der Waals surface area contributed by atoms with E-state index in [0.29, 0.717) is 5.56 Å². The quantitative estimate of drug-likeness (QED) is 0.456. The van der Waals surface area contributed by atoms with Gasteiger partial charge >= 0.3 is 6.18 Å². The number of nitrogens with two attached hydrogens (primary N) is 2. The molecular weight excluding hydrogens is 483 g/mol. The Morgan fingerprint density at radius 1 is 1.12 bits per heavy atom. The maximum Gasteiger partial charge on any atom is 0.405 e. The molecule has 1 amide bonds. The Hall–Kier alpha value is -3.22. The van der Waals surface area contributed by atoms with Crippen LogP contribution in [0.5, 0.6) is 0 Å². The van der Waals surface area contributed by atoms with Crippen LogP contribution in [0.4, 0.5) is 19.1 Å². The zero-order valence-corrected chi connectivity index (χ0v) is 18.2. The molecule has 0 saturated carbocycles. The number of primary sulfonamides is 1. The van der Waals surface area contributed by atoms with Crippen molar-refractivity contribution in [2.75, 3.05) is 11.9 Å². The second-order valence-corrected chi connectivity index (χ2v) is 8.86. The summed E-state index contributed by atoms with van der Waals surface area (Å²) in [4.78, 5) is 19.4. The summed E-state index contributed by atoms with van der Waals surface area (Å²) in [5, 5.41) is 7.66. The van der Waals surface area contributed by atoms with E-state index in [-0.39, 0.29) is 32.6 Å². The Labute approximate surface area is 191 Å². The molecule has 0 spiro atoms. The van der Waals surface area contributed by atoms with Crippen molar-refractivity contribution >= 4 is 33.5 Å². The molecule has 1 heterocycles. The van der Waals surface area contributed by atoms with Crippen molar-refractivity contribution < 1.29 is 26.4 Å². The van der Waals surface area contributed by atoms with Crippen molar-refractivity contribution in [3.8, 4) is 11.1 Å². The van der Waals surface area contributed by atoms with E-state index in [1.54, 1.807) is 24.3 Å². The van der Waals surface area contributed by atoms with Crippen molar-refractivity contribution in [3.05, 3.63) is 71.0 Å². The molecule has 0 saturated heterocycles. The van der Waals surface area contributed by atoms with Gasteiger partial charge in [-0.05, 0) is 23.3 Å². The van der Waals surface area contributed by atoms with E-state index in [2.05, 4.69) is 9.97 Å². The number of carbonyl (C=O) groups excluding carboxylic acids is 1. The Balaban J connectivity index is 2.05. The van der Waals surface area contributed by atoms with Crippen LogP contribution in [0.25, 0.3) is 11.1 Å². The molecule has 13 heteroatoms. The fourth-order valence-electron chi connectivity index (χ4n) is 3.14. The van der Waals surface area contributed by atoms with Crippen LogP contribution in [0.1, 0.15) is 17.0 Å². The number of anilines is 1. The Morgan fingerprint density at radius 2 is 1.76 bits per heavy atom. The van der Waals surface area contributed by atoms with Crippen LogP contribution in [-0.4, -0.2) is 37.0 Å². The first kappa shape index (κ1) is 24.4. The third kappa shape index (κ3) is 5.97. The van der Waals surface area contributed by atoms with Crippen LogP contribution in [0.2, 0.25) is 5.02 Å². The number of hydrogen-bond donors (Lipinski definition) is 3. The van der Waals surface area contributed by atoms with Gasteiger partial charge in [0.2, 0.25) is 21.9 Å². The first-order valence-electron chi connectivity index (χ1n) is 9.20. The fourth-order valence-corrected chi connectivity index (χ4v) is 4.17.